The summed E-state index contributed by atoms with van der Waals surface area (Å²) in [6.45, 7) is 0. The van der Waals surface area contributed by atoms with Crippen molar-refractivity contribution in [2.24, 2.45) is 0 Å². The van der Waals surface area contributed by atoms with Crippen molar-refractivity contribution in [2.75, 3.05) is 0 Å². The molecule has 1 heterocycles. The number of para-hydroxylation sites is 2. The third kappa shape index (κ3) is 4.62. The first-order valence-corrected chi connectivity index (χ1v) is 15.2. The van der Waals surface area contributed by atoms with Crippen molar-refractivity contribution in [1.29, 1.82) is 0 Å². The molecule has 0 radical (unpaired) electrons. The second-order valence-corrected chi connectivity index (χ2v) is 11.2. The summed E-state index contributed by atoms with van der Waals surface area (Å²) in [5.74, 6) is 0.231. The molecule has 0 aliphatic rings. The van der Waals surface area contributed by atoms with Gasteiger partial charge in [0.05, 0.1) is 24.7 Å². The Hall–Kier alpha value is -6.25. The Morgan fingerprint density at radius 3 is 1.57 bits per heavy atom. The summed E-state index contributed by atoms with van der Waals surface area (Å²) in [6, 6.07) is 35.2. The Morgan fingerprint density at radius 2 is 0.936 bits per heavy atom. The van der Waals surface area contributed by atoms with Crippen molar-refractivity contribution in [3.8, 4) is 50.5 Å². The van der Waals surface area contributed by atoms with Crippen LogP contribution in [0.25, 0.3) is 83.0 Å². The van der Waals surface area contributed by atoms with Gasteiger partial charge in [-0.2, -0.15) is 0 Å². The molecule has 2 nitrogen and oxygen atoms in total. The summed E-state index contributed by atoms with van der Waals surface area (Å²) in [5, 5.41) is 3.81. The first-order chi connectivity index (χ1) is 27.5. The highest BCUT2D eigenvalue weighted by Gasteiger charge is 2.19. The van der Waals surface area contributed by atoms with E-state index in [1.54, 1.807) is 6.07 Å². The van der Waals surface area contributed by atoms with Crippen molar-refractivity contribution < 1.29 is 13.7 Å². The fourth-order valence-electron chi connectivity index (χ4n) is 6.59. The predicted molar refractivity (Wildman–Crippen MR) is 198 cm³/mol. The lowest BCUT2D eigenvalue weighted by atomic mass is 9.85. The molecule has 1 aromatic heterocycles. The van der Waals surface area contributed by atoms with E-state index in [1.807, 2.05) is 95.6 Å². The highest BCUT2D eigenvalue weighted by Crippen LogP contribution is 2.44. The lowest BCUT2D eigenvalue weighted by Gasteiger charge is -2.19. The number of hydrogen-bond donors (Lipinski definition) is 0. The van der Waals surface area contributed by atoms with Crippen LogP contribution < -0.4 is 0 Å². The van der Waals surface area contributed by atoms with Crippen molar-refractivity contribution in [2.45, 2.75) is 0 Å². The van der Waals surface area contributed by atoms with Crippen LogP contribution in [-0.4, -0.2) is 9.55 Å². The fourth-order valence-corrected chi connectivity index (χ4v) is 6.59. The Bertz CT molecular complexity index is 3040. The van der Waals surface area contributed by atoms with E-state index in [0.717, 1.165) is 43.8 Å². The number of nitrogens with zero attached hydrogens (tertiary/aromatic N) is 2. The van der Waals surface area contributed by atoms with Gasteiger partial charge in [0.2, 0.25) is 0 Å². The van der Waals surface area contributed by atoms with Crippen LogP contribution in [0.1, 0.15) is 13.7 Å². The second-order valence-electron chi connectivity index (χ2n) is 11.2. The smallest absolute Gasteiger partial charge is 0.145 e. The van der Waals surface area contributed by atoms with Crippen LogP contribution in [-0.2, 0) is 0 Å². The van der Waals surface area contributed by atoms with Crippen molar-refractivity contribution in [3.63, 3.8) is 0 Å². The van der Waals surface area contributed by atoms with E-state index >= 15 is 0 Å². The summed E-state index contributed by atoms with van der Waals surface area (Å²) in [7, 11) is 0. The number of aromatic nitrogens is 2. The van der Waals surface area contributed by atoms with E-state index in [9.17, 15) is 0 Å². The Kier molecular flexibility index (Phi) is 4.48. The molecule has 9 aromatic rings. The van der Waals surface area contributed by atoms with Crippen LogP contribution >= 0.6 is 0 Å². The van der Waals surface area contributed by atoms with Crippen LogP contribution in [0.15, 0.2) is 182 Å². The molecular weight excluding hydrogens is 569 g/mol. The summed E-state index contributed by atoms with van der Waals surface area (Å²) in [4.78, 5) is 4.84. The van der Waals surface area contributed by atoms with Gasteiger partial charge in [0.25, 0.3) is 0 Å². The highest BCUT2D eigenvalue weighted by molar-refractivity contribution is 6.21. The minimum absolute atomic E-state index is 0.00805. The van der Waals surface area contributed by atoms with Crippen molar-refractivity contribution in [1.82, 2.24) is 9.55 Å². The number of benzene rings is 8. The van der Waals surface area contributed by atoms with E-state index in [0.29, 0.717) is 22.3 Å². The Balaban J connectivity index is 1.29. The van der Waals surface area contributed by atoms with Crippen molar-refractivity contribution in [3.05, 3.63) is 182 Å². The summed E-state index contributed by atoms with van der Waals surface area (Å²) in [6.07, 6.45) is 0. The van der Waals surface area contributed by atoms with E-state index in [2.05, 4.69) is 24.3 Å². The molecule has 0 amide bonds. The van der Waals surface area contributed by atoms with E-state index in [1.165, 1.54) is 0 Å². The summed E-state index contributed by atoms with van der Waals surface area (Å²) in [5.41, 5.74) is 6.25. The molecule has 0 aliphatic heterocycles. The molecule has 0 aliphatic carbocycles. The molecule has 2 heteroatoms. The van der Waals surface area contributed by atoms with Gasteiger partial charge >= 0.3 is 0 Å². The van der Waals surface area contributed by atoms with Gasteiger partial charge in [-0.25, -0.2) is 4.98 Å². The molecule has 0 spiro atoms. The lowest BCUT2D eigenvalue weighted by Crippen LogP contribution is -1.98. The quantitative estimate of drug-likeness (QED) is 0.178. The topological polar surface area (TPSA) is 17.8 Å². The van der Waals surface area contributed by atoms with Gasteiger partial charge in [-0.3, -0.25) is 4.57 Å². The number of fused-ring (bicyclic) bond motifs is 3. The van der Waals surface area contributed by atoms with Gasteiger partial charge in [-0.15, -0.1) is 0 Å². The third-order valence-electron chi connectivity index (χ3n) is 8.55. The number of hydrogen-bond acceptors (Lipinski definition) is 1. The zero-order valence-corrected chi connectivity index (χ0v) is 24.9. The monoisotopic (exact) mass is 608 g/mol. The Labute approximate surface area is 287 Å². The molecule has 9 rings (SSSR count). The van der Waals surface area contributed by atoms with Gasteiger partial charge in [-0.05, 0) is 85.3 Å². The van der Waals surface area contributed by atoms with Crippen LogP contribution in [0.3, 0.4) is 0 Å². The highest BCUT2D eigenvalue weighted by atomic mass is 15.1. The predicted octanol–water partition coefficient (Wildman–Crippen LogP) is 12.0. The standard InChI is InChI=1S/C45H30N2/c1-3-15-31(16-4-1)33-19-13-20-34(29-33)43-37-23-7-9-25-39(37)44(40-26-10-8-24-38(40)43)35-21-14-22-36(30-35)47-42-28-12-11-27-41(42)46-45(47)32-17-5-2-6-18-32/h1-30H/i1D,2D,3D,4D,5D,6D,15D,16D,17D,18D. The first-order valence-electron chi connectivity index (χ1n) is 20.2. The minimum Gasteiger partial charge on any atom is -0.292 e. The van der Waals surface area contributed by atoms with E-state index in [-0.39, 0.29) is 53.2 Å². The first kappa shape index (κ1) is 18.7. The minimum atomic E-state index is -0.471. The largest absolute Gasteiger partial charge is 0.292 e. The van der Waals surface area contributed by atoms with E-state index in [4.69, 9.17) is 18.7 Å². The van der Waals surface area contributed by atoms with Crippen LogP contribution in [0.5, 0.6) is 0 Å². The van der Waals surface area contributed by atoms with E-state index < -0.39 is 24.2 Å². The molecule has 0 saturated carbocycles. The molecule has 0 saturated heterocycles. The molecular formula is C45H30N2. The molecule has 0 N–H and O–H groups in total. The normalized spacial score (nSPS) is 14.4. The Morgan fingerprint density at radius 1 is 0.426 bits per heavy atom. The number of rotatable bonds is 5. The van der Waals surface area contributed by atoms with Gasteiger partial charge in [-0.1, -0.05) is 151 Å². The molecule has 8 aromatic carbocycles. The third-order valence-corrected chi connectivity index (χ3v) is 8.55. The summed E-state index contributed by atoms with van der Waals surface area (Å²) >= 11 is 0. The average molecular weight is 609 g/mol. The maximum Gasteiger partial charge on any atom is 0.145 e. The summed E-state index contributed by atoms with van der Waals surface area (Å²) < 4.78 is 86.3. The van der Waals surface area contributed by atoms with Crippen LogP contribution in [0.4, 0.5) is 0 Å². The SMILES string of the molecule is [2H]c1c([2H])c([2H])c(-c2cccc(-c3c4ccccc4c(-c4cccc(-n5c(-c6c([2H])c([2H])c([2H])c([2H])c6[2H])nc6ccccc65)c4)c4ccccc34)c2)c([2H])c1[2H]. The molecule has 0 fully saturated rings. The molecule has 0 atom stereocenters. The average Bonchev–Trinajstić information content (AvgIpc) is 3.62. The van der Waals surface area contributed by atoms with Gasteiger partial charge in [0.1, 0.15) is 5.82 Å². The maximum absolute atomic E-state index is 8.80. The lowest BCUT2D eigenvalue weighted by molar-refractivity contribution is 1.10. The molecule has 47 heavy (non-hydrogen) atoms. The molecule has 220 valence electrons. The fraction of sp³-hybridized carbons (Fsp3) is 0. The van der Waals surface area contributed by atoms with Crippen LogP contribution in [0, 0.1) is 0 Å². The maximum atomic E-state index is 8.80. The number of imidazole rings is 1. The zero-order chi connectivity index (χ0) is 39.9. The second kappa shape index (κ2) is 11.3. The zero-order valence-electron chi connectivity index (χ0n) is 34.9. The van der Waals surface area contributed by atoms with Crippen molar-refractivity contribution >= 4 is 32.6 Å². The molecule has 0 unspecified atom stereocenters. The van der Waals surface area contributed by atoms with Gasteiger partial charge < -0.3 is 0 Å². The van der Waals surface area contributed by atoms with Crippen LogP contribution in [0.2, 0.25) is 0 Å². The van der Waals surface area contributed by atoms with Gasteiger partial charge in [0.15, 0.2) is 0 Å². The molecule has 0 bridgehead atoms. The van der Waals surface area contributed by atoms with Gasteiger partial charge in [0, 0.05) is 11.3 Å².